The molecule has 12 heavy (non-hydrogen) atoms. The summed E-state index contributed by atoms with van der Waals surface area (Å²) in [6.07, 6.45) is -4.56. The van der Waals surface area contributed by atoms with Crippen LogP contribution in [0.5, 0.6) is 0 Å². The summed E-state index contributed by atoms with van der Waals surface area (Å²) < 4.78 is 40.6. The number of alkyl halides is 3. The molecule has 0 spiro atoms. The average molecular weight is 184 g/mol. The third kappa shape index (κ3) is 2.12. The third-order valence-electron chi connectivity index (χ3n) is 1.49. The third-order valence-corrected chi connectivity index (χ3v) is 1.49. The van der Waals surface area contributed by atoms with E-state index in [0.29, 0.717) is 0 Å². The zero-order valence-electron chi connectivity index (χ0n) is 7.16. The first-order valence-corrected chi connectivity index (χ1v) is 3.47. The Morgan fingerprint density at radius 3 is 2.00 bits per heavy atom. The molecule has 0 saturated carbocycles. The van der Waals surface area contributed by atoms with Gasteiger partial charge in [0.15, 0.2) is 5.41 Å². The van der Waals surface area contributed by atoms with Crippen LogP contribution < -0.4 is 0 Å². The minimum atomic E-state index is -4.56. The topological polar surface area (TPSA) is 26.3 Å². The van der Waals surface area contributed by atoms with Crippen LogP contribution >= 0.6 is 0 Å². The van der Waals surface area contributed by atoms with Gasteiger partial charge < -0.3 is 4.74 Å². The zero-order chi connectivity index (χ0) is 9.99. The SMILES string of the molecule is CCOC(=O)C(C)(C)C(F)(F)F. The van der Waals surface area contributed by atoms with Crippen molar-refractivity contribution < 1.29 is 22.7 Å². The molecule has 0 atom stereocenters. The first kappa shape index (κ1) is 11.3. The highest BCUT2D eigenvalue weighted by Gasteiger charge is 2.54. The molecule has 0 aliphatic carbocycles. The molecule has 0 radical (unpaired) electrons. The number of rotatable bonds is 2. The molecular weight excluding hydrogens is 173 g/mol. The smallest absolute Gasteiger partial charge is 0.404 e. The summed E-state index contributed by atoms with van der Waals surface area (Å²) >= 11 is 0. The quantitative estimate of drug-likeness (QED) is 0.614. The van der Waals surface area contributed by atoms with E-state index in [0.717, 1.165) is 13.8 Å². The molecule has 0 fully saturated rings. The van der Waals surface area contributed by atoms with E-state index in [9.17, 15) is 18.0 Å². The lowest BCUT2D eigenvalue weighted by atomic mass is 9.93. The molecule has 0 N–H and O–H groups in total. The summed E-state index contributed by atoms with van der Waals surface area (Å²) in [6.45, 7) is 3.01. The first-order chi connectivity index (χ1) is 5.23. The zero-order valence-corrected chi connectivity index (χ0v) is 7.16. The lowest BCUT2D eigenvalue weighted by Gasteiger charge is -2.24. The van der Waals surface area contributed by atoms with Crippen molar-refractivity contribution in [3.63, 3.8) is 0 Å². The van der Waals surface area contributed by atoms with Crippen LogP contribution in [0.4, 0.5) is 13.2 Å². The van der Waals surface area contributed by atoms with Crippen molar-refractivity contribution in [1.29, 1.82) is 0 Å². The molecule has 0 heterocycles. The molecule has 0 aromatic carbocycles. The molecule has 0 amide bonds. The Kier molecular flexibility index (Phi) is 3.12. The van der Waals surface area contributed by atoms with Gasteiger partial charge >= 0.3 is 12.1 Å². The lowest BCUT2D eigenvalue weighted by molar-refractivity contribution is -0.224. The maximum atomic E-state index is 12.1. The highest BCUT2D eigenvalue weighted by Crippen LogP contribution is 2.38. The second-order valence-corrected chi connectivity index (χ2v) is 2.84. The number of ether oxygens (including phenoxy) is 1. The first-order valence-electron chi connectivity index (χ1n) is 3.47. The monoisotopic (exact) mass is 184 g/mol. The van der Waals surface area contributed by atoms with Crippen molar-refractivity contribution in [1.82, 2.24) is 0 Å². The summed E-state index contributed by atoms with van der Waals surface area (Å²) in [7, 11) is 0. The van der Waals surface area contributed by atoms with E-state index in [-0.39, 0.29) is 6.61 Å². The van der Waals surface area contributed by atoms with Crippen LogP contribution in [0.15, 0.2) is 0 Å². The summed E-state index contributed by atoms with van der Waals surface area (Å²) in [6, 6.07) is 0. The van der Waals surface area contributed by atoms with E-state index < -0.39 is 17.6 Å². The number of halogens is 3. The summed E-state index contributed by atoms with van der Waals surface area (Å²) in [5.74, 6) is -1.24. The van der Waals surface area contributed by atoms with Gasteiger partial charge in [-0.2, -0.15) is 13.2 Å². The van der Waals surface area contributed by atoms with Gasteiger partial charge in [-0.25, -0.2) is 0 Å². The van der Waals surface area contributed by atoms with Gasteiger partial charge in [-0.1, -0.05) is 0 Å². The molecule has 5 heteroatoms. The van der Waals surface area contributed by atoms with Gasteiger partial charge in [0.25, 0.3) is 0 Å². The number of hydrogen-bond donors (Lipinski definition) is 0. The molecular formula is C7H11F3O2. The highest BCUT2D eigenvalue weighted by atomic mass is 19.4. The minimum Gasteiger partial charge on any atom is -0.465 e. The number of hydrogen-bond acceptors (Lipinski definition) is 2. The van der Waals surface area contributed by atoms with E-state index in [1.54, 1.807) is 0 Å². The molecule has 0 aromatic rings. The van der Waals surface area contributed by atoms with Crippen molar-refractivity contribution in [3.8, 4) is 0 Å². The highest BCUT2D eigenvalue weighted by molar-refractivity contribution is 5.76. The maximum Gasteiger partial charge on any atom is 0.404 e. The van der Waals surface area contributed by atoms with Gasteiger partial charge in [0, 0.05) is 0 Å². The van der Waals surface area contributed by atoms with Gasteiger partial charge in [0.05, 0.1) is 6.61 Å². The van der Waals surface area contributed by atoms with Crippen LogP contribution in [0.1, 0.15) is 20.8 Å². The van der Waals surface area contributed by atoms with Crippen molar-refractivity contribution in [2.45, 2.75) is 26.9 Å². The van der Waals surface area contributed by atoms with E-state index >= 15 is 0 Å². The van der Waals surface area contributed by atoms with Crippen LogP contribution in [-0.4, -0.2) is 18.8 Å². The fraction of sp³-hybridized carbons (Fsp3) is 0.857. The molecule has 2 nitrogen and oxygen atoms in total. The van der Waals surface area contributed by atoms with Gasteiger partial charge in [0.2, 0.25) is 0 Å². The van der Waals surface area contributed by atoms with E-state index in [4.69, 9.17) is 0 Å². The standard InChI is InChI=1S/C7H11F3O2/c1-4-12-5(11)6(2,3)7(8,9)10/h4H2,1-3H3. The van der Waals surface area contributed by atoms with Crippen molar-refractivity contribution in [3.05, 3.63) is 0 Å². The van der Waals surface area contributed by atoms with E-state index in [1.165, 1.54) is 6.92 Å². The number of esters is 1. The fourth-order valence-corrected chi connectivity index (χ4v) is 0.427. The largest absolute Gasteiger partial charge is 0.465 e. The summed E-state index contributed by atoms with van der Waals surface area (Å²) in [5, 5.41) is 0. The Morgan fingerprint density at radius 1 is 1.33 bits per heavy atom. The average Bonchev–Trinajstić information content (AvgIpc) is 1.85. The molecule has 0 aromatic heterocycles. The van der Waals surface area contributed by atoms with Gasteiger partial charge in [-0.05, 0) is 20.8 Å². The Hall–Kier alpha value is -0.740. The fourth-order valence-electron chi connectivity index (χ4n) is 0.427. The summed E-state index contributed by atoms with van der Waals surface area (Å²) in [4.78, 5) is 10.8. The predicted molar refractivity (Wildman–Crippen MR) is 36.5 cm³/mol. The Morgan fingerprint density at radius 2 is 1.75 bits per heavy atom. The van der Waals surface area contributed by atoms with Crippen molar-refractivity contribution in [2.75, 3.05) is 6.61 Å². The Bertz CT molecular complexity index is 172. The summed E-state index contributed by atoms with van der Waals surface area (Å²) in [5.41, 5.74) is -2.41. The van der Waals surface area contributed by atoms with Crippen molar-refractivity contribution >= 4 is 5.97 Å². The molecule has 0 saturated heterocycles. The molecule has 0 unspecified atom stereocenters. The second kappa shape index (κ2) is 3.33. The maximum absolute atomic E-state index is 12.1. The molecule has 0 aliphatic heterocycles. The Balaban J connectivity index is 4.50. The minimum absolute atomic E-state index is 0.0433. The van der Waals surface area contributed by atoms with Gasteiger partial charge in [0.1, 0.15) is 0 Å². The molecule has 72 valence electrons. The number of carbonyl (C=O) groups excluding carboxylic acids is 1. The van der Waals surface area contributed by atoms with E-state index in [2.05, 4.69) is 4.74 Å². The van der Waals surface area contributed by atoms with Crippen LogP contribution in [0.3, 0.4) is 0 Å². The molecule has 0 rings (SSSR count). The predicted octanol–water partition coefficient (Wildman–Crippen LogP) is 2.14. The number of carbonyl (C=O) groups is 1. The van der Waals surface area contributed by atoms with Crippen LogP contribution in [0.25, 0.3) is 0 Å². The van der Waals surface area contributed by atoms with Crippen molar-refractivity contribution in [2.24, 2.45) is 5.41 Å². The lowest BCUT2D eigenvalue weighted by Crippen LogP contribution is -2.40. The van der Waals surface area contributed by atoms with Crippen LogP contribution in [0.2, 0.25) is 0 Å². The molecule has 0 aliphatic rings. The van der Waals surface area contributed by atoms with Gasteiger partial charge in [-0.3, -0.25) is 4.79 Å². The second-order valence-electron chi connectivity index (χ2n) is 2.84. The van der Waals surface area contributed by atoms with E-state index in [1.807, 2.05) is 0 Å². The van der Waals surface area contributed by atoms with Crippen LogP contribution in [0, 0.1) is 5.41 Å². The van der Waals surface area contributed by atoms with Gasteiger partial charge in [-0.15, -0.1) is 0 Å². The normalized spacial score (nSPS) is 12.8. The van der Waals surface area contributed by atoms with Crippen LogP contribution in [-0.2, 0) is 9.53 Å². The molecule has 0 bridgehead atoms. The Labute approximate surface area is 68.7 Å².